The number of hydrogen-bond donors (Lipinski definition) is 6. The highest BCUT2D eigenvalue weighted by Gasteiger charge is 2.48. The number of nitrogens with one attached hydrogen (secondary N) is 1. The quantitative estimate of drug-likeness (QED) is 0.186. The minimum absolute atomic E-state index is 0.240. The average Bonchev–Trinajstić information content (AvgIpc) is 2.39. The van der Waals surface area contributed by atoms with Crippen LogP contribution in [0.2, 0.25) is 0 Å². The number of azide groups is 1. The molecule has 0 aromatic heterocycles. The molecule has 0 aromatic carbocycles. The highest BCUT2D eigenvalue weighted by Crippen LogP contribution is 2.30. The Morgan fingerprint density at radius 1 is 1.50 bits per heavy atom. The SMILES string of the molecule is CC(=O)N[C@H]1[C@H]([C@H](O)[C@H](O)C(O)N=[N+]=[N-])O[C@@](C)(O)C[C@@H]1O. The monoisotopic (exact) mass is 320 g/mol. The fourth-order valence-corrected chi connectivity index (χ4v) is 2.34. The van der Waals surface area contributed by atoms with Gasteiger partial charge in [-0.05, 0) is 12.5 Å². The van der Waals surface area contributed by atoms with Gasteiger partial charge in [0, 0.05) is 18.3 Å². The van der Waals surface area contributed by atoms with Gasteiger partial charge in [0.25, 0.3) is 0 Å². The summed E-state index contributed by atoms with van der Waals surface area (Å²) in [5.41, 5.74) is 8.21. The Kier molecular flexibility index (Phi) is 6.08. The van der Waals surface area contributed by atoms with Crippen molar-refractivity contribution in [3.63, 3.8) is 0 Å². The van der Waals surface area contributed by atoms with Crippen molar-refractivity contribution >= 4 is 5.91 Å². The van der Waals surface area contributed by atoms with Crippen molar-refractivity contribution in [1.29, 1.82) is 0 Å². The highest BCUT2D eigenvalue weighted by atomic mass is 16.6. The molecule has 11 nitrogen and oxygen atoms in total. The lowest BCUT2D eigenvalue weighted by molar-refractivity contribution is -0.294. The van der Waals surface area contributed by atoms with Crippen LogP contribution >= 0.6 is 0 Å². The lowest BCUT2D eigenvalue weighted by atomic mass is 9.89. The van der Waals surface area contributed by atoms with Crippen LogP contribution in [0.25, 0.3) is 10.4 Å². The minimum Gasteiger partial charge on any atom is -0.391 e. The largest absolute Gasteiger partial charge is 0.391 e. The van der Waals surface area contributed by atoms with E-state index in [1.165, 1.54) is 13.8 Å². The molecule has 126 valence electrons. The summed E-state index contributed by atoms with van der Waals surface area (Å²) < 4.78 is 5.19. The molecule has 22 heavy (non-hydrogen) atoms. The summed E-state index contributed by atoms with van der Waals surface area (Å²) in [4.78, 5) is 13.5. The molecule has 1 saturated heterocycles. The number of rotatable bonds is 5. The Balaban J connectivity index is 3.01. The molecule has 0 bridgehead atoms. The Morgan fingerprint density at radius 2 is 2.09 bits per heavy atom. The predicted molar refractivity (Wildman–Crippen MR) is 70.9 cm³/mol. The van der Waals surface area contributed by atoms with Gasteiger partial charge in [-0.2, -0.15) is 0 Å². The van der Waals surface area contributed by atoms with Crippen LogP contribution in [-0.2, 0) is 9.53 Å². The van der Waals surface area contributed by atoms with Crippen molar-refractivity contribution in [2.45, 2.75) is 62.7 Å². The number of ether oxygens (including phenoxy) is 1. The van der Waals surface area contributed by atoms with E-state index in [0.29, 0.717) is 0 Å². The number of aliphatic hydroxyl groups excluding tert-OH is 4. The second kappa shape index (κ2) is 7.20. The van der Waals surface area contributed by atoms with Crippen molar-refractivity contribution in [3.05, 3.63) is 10.4 Å². The molecule has 6 N–H and O–H groups in total. The van der Waals surface area contributed by atoms with Gasteiger partial charge in [-0.25, -0.2) is 0 Å². The van der Waals surface area contributed by atoms with Gasteiger partial charge >= 0.3 is 0 Å². The van der Waals surface area contributed by atoms with Gasteiger partial charge in [0.1, 0.15) is 18.3 Å². The van der Waals surface area contributed by atoms with Crippen LogP contribution in [0.3, 0.4) is 0 Å². The molecule has 0 radical (unpaired) electrons. The number of aliphatic hydroxyl groups is 5. The first-order chi connectivity index (χ1) is 10.1. The molecule has 1 fully saturated rings. The maximum Gasteiger partial charge on any atom is 0.217 e. The van der Waals surface area contributed by atoms with Gasteiger partial charge in [0.15, 0.2) is 12.0 Å². The Bertz CT molecular complexity index is 454. The number of carbonyl (C=O) groups is 1. The molecule has 1 aliphatic heterocycles. The van der Waals surface area contributed by atoms with E-state index < -0.39 is 48.4 Å². The van der Waals surface area contributed by atoms with Gasteiger partial charge in [-0.15, -0.1) is 0 Å². The van der Waals surface area contributed by atoms with Crippen LogP contribution in [0.1, 0.15) is 20.3 Å². The predicted octanol–water partition coefficient (Wildman–Crippen LogP) is -2.30. The summed E-state index contributed by atoms with van der Waals surface area (Å²) in [6.07, 6.45) is -8.71. The van der Waals surface area contributed by atoms with Crippen LogP contribution in [0.15, 0.2) is 5.11 Å². The van der Waals surface area contributed by atoms with Gasteiger partial charge in [-0.3, -0.25) is 4.79 Å². The summed E-state index contributed by atoms with van der Waals surface area (Å²) in [7, 11) is 0. The van der Waals surface area contributed by atoms with E-state index in [9.17, 15) is 30.3 Å². The van der Waals surface area contributed by atoms with Crippen molar-refractivity contribution in [2.75, 3.05) is 0 Å². The maximum absolute atomic E-state index is 11.2. The molecular formula is C11H20N4O7. The van der Waals surface area contributed by atoms with Crippen molar-refractivity contribution in [3.8, 4) is 0 Å². The zero-order chi connectivity index (χ0) is 17.1. The first kappa shape index (κ1) is 18.6. The summed E-state index contributed by atoms with van der Waals surface area (Å²) in [6, 6.07) is -1.14. The van der Waals surface area contributed by atoms with Crippen molar-refractivity contribution in [1.82, 2.24) is 5.32 Å². The highest BCUT2D eigenvalue weighted by molar-refractivity contribution is 5.73. The van der Waals surface area contributed by atoms with Crippen LogP contribution in [-0.4, -0.2) is 73.9 Å². The molecule has 0 aliphatic carbocycles. The first-order valence-corrected chi connectivity index (χ1v) is 6.53. The van der Waals surface area contributed by atoms with Crippen LogP contribution in [0.5, 0.6) is 0 Å². The van der Waals surface area contributed by atoms with Crippen molar-refractivity contribution in [2.24, 2.45) is 5.11 Å². The standard InChI is InChI=1S/C11H20N4O7/c1-4(16)13-6-5(17)3-11(2,21)22-9(6)7(18)8(19)10(20)14-15-12/h5-10,17-21H,3H2,1-2H3,(H,13,16)/t5-,6+,7+,8-,9+,10?,11+/m0/s1. The Morgan fingerprint density at radius 3 is 2.59 bits per heavy atom. The molecule has 0 aromatic rings. The fraction of sp³-hybridized carbons (Fsp3) is 0.909. The smallest absolute Gasteiger partial charge is 0.217 e. The van der Waals surface area contributed by atoms with E-state index in [2.05, 4.69) is 15.3 Å². The van der Waals surface area contributed by atoms with Gasteiger partial charge in [0.2, 0.25) is 5.91 Å². The summed E-state index contributed by atoms with van der Waals surface area (Å²) in [5, 5.41) is 54.3. The topological polar surface area (TPSA) is 188 Å². The molecule has 1 rings (SSSR count). The minimum atomic E-state index is -1.97. The molecule has 0 spiro atoms. The van der Waals surface area contributed by atoms with E-state index in [1.807, 2.05) is 0 Å². The van der Waals surface area contributed by atoms with Crippen LogP contribution < -0.4 is 5.32 Å². The second-order valence-electron chi connectivity index (χ2n) is 5.35. The lowest BCUT2D eigenvalue weighted by Crippen LogP contribution is -2.65. The molecule has 1 unspecified atom stereocenters. The normalized spacial score (nSPS) is 35.9. The van der Waals surface area contributed by atoms with E-state index in [4.69, 9.17) is 10.3 Å². The van der Waals surface area contributed by atoms with Gasteiger partial charge in [-0.1, -0.05) is 5.11 Å². The second-order valence-corrected chi connectivity index (χ2v) is 5.35. The fourth-order valence-electron chi connectivity index (χ4n) is 2.34. The molecule has 1 heterocycles. The van der Waals surface area contributed by atoms with E-state index in [0.717, 1.165) is 0 Å². The third kappa shape index (κ3) is 4.52. The summed E-state index contributed by atoms with van der Waals surface area (Å²) in [5.74, 6) is -2.35. The zero-order valence-corrected chi connectivity index (χ0v) is 12.1. The lowest BCUT2D eigenvalue weighted by Gasteiger charge is -2.45. The third-order valence-electron chi connectivity index (χ3n) is 3.28. The maximum atomic E-state index is 11.2. The van der Waals surface area contributed by atoms with Gasteiger partial charge < -0.3 is 35.6 Å². The number of amides is 1. The number of nitrogens with zero attached hydrogens (tertiary/aromatic N) is 3. The molecule has 1 aliphatic rings. The Hall–Kier alpha value is -1.46. The molecule has 7 atom stereocenters. The molecular weight excluding hydrogens is 300 g/mol. The molecule has 1 amide bonds. The van der Waals surface area contributed by atoms with E-state index in [1.54, 1.807) is 0 Å². The van der Waals surface area contributed by atoms with Gasteiger partial charge in [0.05, 0.1) is 12.1 Å². The van der Waals surface area contributed by atoms with Crippen LogP contribution in [0.4, 0.5) is 0 Å². The zero-order valence-electron chi connectivity index (χ0n) is 12.1. The third-order valence-corrected chi connectivity index (χ3v) is 3.28. The van der Waals surface area contributed by atoms with Crippen LogP contribution in [0, 0.1) is 0 Å². The van der Waals surface area contributed by atoms with E-state index >= 15 is 0 Å². The average molecular weight is 320 g/mol. The van der Waals surface area contributed by atoms with Crippen molar-refractivity contribution < 1.29 is 35.1 Å². The molecule has 0 saturated carbocycles. The molecule has 11 heteroatoms. The first-order valence-electron chi connectivity index (χ1n) is 6.53. The number of hydrogen-bond acceptors (Lipinski definition) is 8. The Labute approximate surface area is 125 Å². The summed E-state index contributed by atoms with van der Waals surface area (Å²) in [6.45, 7) is 2.41. The van der Waals surface area contributed by atoms with E-state index in [-0.39, 0.29) is 6.42 Å². The number of carbonyl (C=O) groups excluding carboxylic acids is 1. The summed E-state index contributed by atoms with van der Waals surface area (Å²) >= 11 is 0.